The third kappa shape index (κ3) is 1.21. The van der Waals surface area contributed by atoms with Crippen LogP contribution >= 0.6 is 0 Å². The van der Waals surface area contributed by atoms with E-state index in [1.165, 1.54) is 0 Å². The Labute approximate surface area is 53.2 Å². The van der Waals surface area contributed by atoms with Gasteiger partial charge in [0.05, 0.1) is 12.7 Å². The van der Waals surface area contributed by atoms with Crippen LogP contribution in [0.4, 0.5) is 0 Å². The van der Waals surface area contributed by atoms with Crippen molar-refractivity contribution in [3.8, 4) is 0 Å². The van der Waals surface area contributed by atoms with E-state index in [0.29, 0.717) is 0 Å². The lowest BCUT2D eigenvalue weighted by Gasteiger charge is -2.10. The molecular formula is C5H11NO3. The van der Waals surface area contributed by atoms with Crippen molar-refractivity contribution in [2.45, 2.75) is 18.3 Å². The maximum Gasteiger partial charge on any atom is 0.109 e. The van der Waals surface area contributed by atoms with Crippen LogP contribution in [0.15, 0.2) is 0 Å². The van der Waals surface area contributed by atoms with Gasteiger partial charge in [-0.25, -0.2) is 0 Å². The molecule has 1 fully saturated rings. The molecule has 0 amide bonds. The summed E-state index contributed by atoms with van der Waals surface area (Å²) in [5.41, 5.74) is 5.19. The first-order valence-corrected chi connectivity index (χ1v) is 2.93. The lowest BCUT2D eigenvalue weighted by molar-refractivity contribution is 0.0276. The molecule has 0 radical (unpaired) electrons. The average molecular weight is 133 g/mol. The second kappa shape index (κ2) is 2.62. The zero-order valence-corrected chi connectivity index (χ0v) is 5.03. The monoisotopic (exact) mass is 133 g/mol. The summed E-state index contributed by atoms with van der Waals surface area (Å²) in [6.07, 6.45) is -1.92. The van der Waals surface area contributed by atoms with Crippen molar-refractivity contribution < 1.29 is 14.9 Å². The molecule has 1 rings (SSSR count). The van der Waals surface area contributed by atoms with Gasteiger partial charge in [0, 0.05) is 6.54 Å². The molecule has 4 N–H and O–H groups in total. The van der Waals surface area contributed by atoms with Crippen LogP contribution in [-0.2, 0) is 4.74 Å². The molecule has 0 bridgehead atoms. The molecular weight excluding hydrogens is 122 g/mol. The fraction of sp³-hybridized carbons (Fsp3) is 1.00. The number of hydrogen-bond acceptors (Lipinski definition) is 4. The molecule has 1 saturated heterocycles. The summed E-state index contributed by atoms with van der Waals surface area (Å²) in [6.45, 7) is 0.460. The predicted molar refractivity (Wildman–Crippen MR) is 30.8 cm³/mol. The van der Waals surface area contributed by atoms with Crippen LogP contribution in [0.3, 0.4) is 0 Å². The SMILES string of the molecule is NC[C@@H]1OC[C@@H](O)[C@H]1O. The molecule has 0 aromatic heterocycles. The highest BCUT2D eigenvalue weighted by Gasteiger charge is 2.32. The Hall–Kier alpha value is -0.160. The fourth-order valence-corrected chi connectivity index (χ4v) is 0.875. The molecule has 0 saturated carbocycles. The highest BCUT2D eigenvalue weighted by Crippen LogP contribution is 2.12. The van der Waals surface area contributed by atoms with Gasteiger partial charge in [0.25, 0.3) is 0 Å². The molecule has 4 nitrogen and oxygen atoms in total. The van der Waals surface area contributed by atoms with Crippen LogP contribution in [0.25, 0.3) is 0 Å². The van der Waals surface area contributed by atoms with Crippen molar-refractivity contribution in [1.29, 1.82) is 0 Å². The normalized spacial score (nSPS) is 43.7. The lowest BCUT2D eigenvalue weighted by Crippen LogP contribution is -2.34. The predicted octanol–water partition coefficient (Wildman–Crippen LogP) is -1.93. The zero-order chi connectivity index (χ0) is 6.85. The number of ether oxygens (including phenoxy) is 1. The number of aliphatic hydroxyl groups is 2. The van der Waals surface area contributed by atoms with Gasteiger partial charge >= 0.3 is 0 Å². The van der Waals surface area contributed by atoms with Crippen molar-refractivity contribution in [1.82, 2.24) is 0 Å². The third-order valence-electron chi connectivity index (χ3n) is 1.49. The van der Waals surface area contributed by atoms with Crippen LogP contribution in [0.5, 0.6) is 0 Å². The third-order valence-corrected chi connectivity index (χ3v) is 1.49. The standard InChI is InChI=1S/C5H11NO3/c6-1-4-5(8)3(7)2-9-4/h3-5,7-8H,1-2,6H2/t3-,4+,5-/m1/s1. The summed E-state index contributed by atoms with van der Waals surface area (Å²) < 4.78 is 4.90. The van der Waals surface area contributed by atoms with Gasteiger partial charge in [-0.2, -0.15) is 0 Å². The van der Waals surface area contributed by atoms with Gasteiger partial charge in [0.2, 0.25) is 0 Å². The highest BCUT2D eigenvalue weighted by atomic mass is 16.5. The summed E-state index contributed by atoms with van der Waals surface area (Å²) in [4.78, 5) is 0. The first-order chi connectivity index (χ1) is 4.25. The van der Waals surface area contributed by atoms with Gasteiger partial charge < -0.3 is 20.7 Å². The van der Waals surface area contributed by atoms with E-state index in [2.05, 4.69) is 0 Å². The maximum absolute atomic E-state index is 9.00. The molecule has 9 heavy (non-hydrogen) atoms. The van der Waals surface area contributed by atoms with Gasteiger partial charge in [-0.1, -0.05) is 0 Å². The number of hydrogen-bond donors (Lipinski definition) is 3. The minimum Gasteiger partial charge on any atom is -0.388 e. The fourth-order valence-electron chi connectivity index (χ4n) is 0.875. The highest BCUT2D eigenvalue weighted by molar-refractivity contribution is 4.83. The van der Waals surface area contributed by atoms with Crippen molar-refractivity contribution in [2.75, 3.05) is 13.2 Å². The second-order valence-electron chi connectivity index (χ2n) is 2.17. The van der Waals surface area contributed by atoms with Crippen molar-refractivity contribution in [2.24, 2.45) is 5.73 Å². The molecule has 4 heteroatoms. The summed E-state index contributed by atoms with van der Waals surface area (Å²) in [6, 6.07) is 0. The summed E-state index contributed by atoms with van der Waals surface area (Å²) in [5, 5.41) is 17.9. The van der Waals surface area contributed by atoms with Crippen LogP contribution in [0, 0.1) is 0 Å². The molecule has 0 aliphatic carbocycles. The number of rotatable bonds is 1. The quantitative estimate of drug-likeness (QED) is 0.389. The average Bonchev–Trinajstić information content (AvgIpc) is 2.15. The minimum absolute atomic E-state index is 0.197. The van der Waals surface area contributed by atoms with Gasteiger partial charge in [-0.3, -0.25) is 0 Å². The molecule has 0 aromatic carbocycles. The van der Waals surface area contributed by atoms with E-state index in [-0.39, 0.29) is 19.3 Å². The van der Waals surface area contributed by atoms with Gasteiger partial charge in [0.15, 0.2) is 0 Å². The van der Waals surface area contributed by atoms with Gasteiger partial charge in [0.1, 0.15) is 12.2 Å². The van der Waals surface area contributed by atoms with E-state index >= 15 is 0 Å². The minimum atomic E-state index is -0.796. The largest absolute Gasteiger partial charge is 0.388 e. The molecule has 0 unspecified atom stereocenters. The maximum atomic E-state index is 9.00. The molecule has 1 heterocycles. The summed E-state index contributed by atoms with van der Waals surface area (Å²) in [7, 11) is 0. The van der Waals surface area contributed by atoms with E-state index in [1.807, 2.05) is 0 Å². The Balaban J connectivity index is 2.41. The van der Waals surface area contributed by atoms with Crippen molar-refractivity contribution >= 4 is 0 Å². The van der Waals surface area contributed by atoms with E-state index in [9.17, 15) is 0 Å². The first kappa shape index (κ1) is 6.95. The Bertz CT molecular complexity index is 98.2. The van der Waals surface area contributed by atoms with Gasteiger partial charge in [-0.15, -0.1) is 0 Å². The molecule has 1 aliphatic rings. The van der Waals surface area contributed by atoms with Crippen molar-refractivity contribution in [3.63, 3.8) is 0 Å². The van der Waals surface area contributed by atoms with Crippen LogP contribution in [-0.4, -0.2) is 41.7 Å². The lowest BCUT2D eigenvalue weighted by atomic mass is 10.1. The van der Waals surface area contributed by atoms with E-state index < -0.39 is 12.2 Å². The summed E-state index contributed by atoms with van der Waals surface area (Å²) in [5.74, 6) is 0. The smallest absolute Gasteiger partial charge is 0.109 e. The van der Waals surface area contributed by atoms with E-state index in [4.69, 9.17) is 20.7 Å². The Morgan fingerprint density at radius 3 is 2.44 bits per heavy atom. The molecule has 54 valence electrons. The van der Waals surface area contributed by atoms with Crippen LogP contribution in [0.2, 0.25) is 0 Å². The number of nitrogens with two attached hydrogens (primary N) is 1. The van der Waals surface area contributed by atoms with E-state index in [1.54, 1.807) is 0 Å². The Kier molecular flexibility index (Phi) is 2.02. The zero-order valence-electron chi connectivity index (χ0n) is 5.03. The topological polar surface area (TPSA) is 75.7 Å². The number of aliphatic hydroxyl groups excluding tert-OH is 2. The van der Waals surface area contributed by atoms with Gasteiger partial charge in [-0.05, 0) is 0 Å². The second-order valence-corrected chi connectivity index (χ2v) is 2.17. The Morgan fingerprint density at radius 2 is 2.22 bits per heavy atom. The molecule has 0 aromatic rings. The molecule has 1 aliphatic heterocycles. The summed E-state index contributed by atoms with van der Waals surface area (Å²) >= 11 is 0. The first-order valence-electron chi connectivity index (χ1n) is 2.93. The van der Waals surface area contributed by atoms with Crippen LogP contribution in [0.1, 0.15) is 0 Å². The van der Waals surface area contributed by atoms with Crippen molar-refractivity contribution in [3.05, 3.63) is 0 Å². The Morgan fingerprint density at radius 1 is 1.56 bits per heavy atom. The molecule has 3 atom stereocenters. The van der Waals surface area contributed by atoms with Crippen LogP contribution < -0.4 is 5.73 Å². The van der Waals surface area contributed by atoms with E-state index in [0.717, 1.165) is 0 Å². The molecule has 0 spiro atoms.